The first kappa shape index (κ1) is 23.9. The first-order valence-corrected chi connectivity index (χ1v) is 11.9. The average molecular weight is 461 g/mol. The maximum Gasteiger partial charge on any atom is 0.295 e. The molecule has 4 rings (SSSR count). The molecule has 1 aromatic carbocycles. The van der Waals surface area contributed by atoms with Gasteiger partial charge in [0.1, 0.15) is 11.9 Å². The van der Waals surface area contributed by atoms with Crippen LogP contribution < -0.4 is 4.90 Å². The zero-order valence-corrected chi connectivity index (χ0v) is 20.6. The summed E-state index contributed by atoms with van der Waals surface area (Å²) < 4.78 is 6.04. The van der Waals surface area contributed by atoms with Crippen molar-refractivity contribution in [1.82, 2.24) is 9.88 Å². The second kappa shape index (κ2) is 9.19. The van der Waals surface area contributed by atoms with Crippen molar-refractivity contribution in [3.05, 3.63) is 58.3 Å². The van der Waals surface area contributed by atoms with E-state index in [1.54, 1.807) is 29.2 Å². The van der Waals surface area contributed by atoms with Crippen molar-refractivity contribution in [2.24, 2.45) is 0 Å². The molecule has 7 heteroatoms. The summed E-state index contributed by atoms with van der Waals surface area (Å²) in [6, 6.07) is 10.9. The van der Waals surface area contributed by atoms with Crippen LogP contribution in [0.5, 0.6) is 0 Å². The molecule has 2 aromatic rings. The fraction of sp³-hybridized carbons (Fsp3) is 0.481. The summed E-state index contributed by atoms with van der Waals surface area (Å²) in [6.07, 6.45) is 0.653. The third-order valence-corrected chi connectivity index (χ3v) is 6.71. The molecule has 1 saturated heterocycles. The van der Waals surface area contributed by atoms with Crippen molar-refractivity contribution in [1.29, 1.82) is 5.26 Å². The number of nitriles is 1. The number of hydrogen-bond donors (Lipinski definition) is 0. The van der Waals surface area contributed by atoms with Gasteiger partial charge in [0.05, 0.1) is 23.5 Å². The van der Waals surface area contributed by atoms with E-state index in [0.717, 1.165) is 16.8 Å². The quantitative estimate of drug-likeness (QED) is 0.509. The van der Waals surface area contributed by atoms with Crippen LogP contribution in [0.25, 0.3) is 0 Å². The normalized spacial score (nSPS) is 19.5. The molecule has 1 amide bonds. The van der Waals surface area contributed by atoms with Gasteiger partial charge >= 0.3 is 0 Å². The van der Waals surface area contributed by atoms with E-state index in [0.29, 0.717) is 49.6 Å². The lowest BCUT2D eigenvalue weighted by Crippen LogP contribution is -2.56. The lowest BCUT2D eigenvalue weighted by molar-refractivity contribution is -0.128. The highest BCUT2D eigenvalue weighted by atomic mass is 16.5. The van der Waals surface area contributed by atoms with Crippen LogP contribution in [-0.4, -0.2) is 52.9 Å². The number of pyridine rings is 1. The molecule has 0 N–H and O–H groups in total. The van der Waals surface area contributed by atoms with Gasteiger partial charge in [0, 0.05) is 43.2 Å². The molecule has 0 aliphatic carbocycles. The Hall–Kier alpha value is -3.24. The van der Waals surface area contributed by atoms with E-state index in [-0.39, 0.29) is 17.6 Å². The number of anilines is 1. The number of nitrogens with zero attached hydrogens (tertiary/aromatic N) is 4. The largest absolute Gasteiger partial charge is 0.370 e. The van der Waals surface area contributed by atoms with Gasteiger partial charge in [0.25, 0.3) is 5.91 Å². The maximum atomic E-state index is 13.0. The van der Waals surface area contributed by atoms with Crippen molar-refractivity contribution in [2.45, 2.75) is 65.2 Å². The number of carbonyl (C=O) groups is 2. The van der Waals surface area contributed by atoms with E-state index in [4.69, 9.17) is 9.72 Å². The Balaban J connectivity index is 1.63. The summed E-state index contributed by atoms with van der Waals surface area (Å²) in [7, 11) is 0. The predicted molar refractivity (Wildman–Crippen MR) is 130 cm³/mol. The van der Waals surface area contributed by atoms with Gasteiger partial charge in [-0.2, -0.15) is 5.26 Å². The number of hydrogen-bond acceptors (Lipinski definition) is 6. The molecule has 2 aliphatic heterocycles. The Labute approximate surface area is 201 Å². The average Bonchev–Trinajstić information content (AvgIpc) is 2.81. The van der Waals surface area contributed by atoms with Gasteiger partial charge < -0.3 is 14.5 Å². The molecule has 178 valence electrons. The van der Waals surface area contributed by atoms with E-state index >= 15 is 0 Å². The number of amides is 1. The molecule has 1 fully saturated rings. The fourth-order valence-corrected chi connectivity index (χ4v) is 4.90. The molecule has 0 unspecified atom stereocenters. The molecular weight excluding hydrogens is 428 g/mol. The zero-order valence-electron chi connectivity index (χ0n) is 20.6. The van der Waals surface area contributed by atoms with Gasteiger partial charge in [0.2, 0.25) is 5.78 Å². The molecule has 3 heterocycles. The minimum absolute atomic E-state index is 0.189. The number of ether oxygens (including phenoxy) is 1. The number of aromatic nitrogens is 1. The van der Waals surface area contributed by atoms with E-state index < -0.39 is 11.7 Å². The van der Waals surface area contributed by atoms with Crippen LogP contribution in [-0.2, 0) is 22.6 Å². The summed E-state index contributed by atoms with van der Waals surface area (Å²) in [5.74, 6) is -0.112. The topological polar surface area (TPSA) is 86.5 Å². The number of piperazine rings is 1. The minimum atomic E-state index is -0.491. The Bertz CT molecular complexity index is 1150. The van der Waals surface area contributed by atoms with Crippen LogP contribution in [0.2, 0.25) is 0 Å². The number of benzene rings is 1. The highest BCUT2D eigenvalue weighted by Crippen LogP contribution is 2.38. The molecule has 0 bridgehead atoms. The van der Waals surface area contributed by atoms with Crippen molar-refractivity contribution in [3.8, 4) is 6.07 Å². The molecule has 0 radical (unpaired) electrons. The van der Waals surface area contributed by atoms with Gasteiger partial charge in [-0.25, -0.2) is 4.98 Å². The van der Waals surface area contributed by atoms with Crippen molar-refractivity contribution in [3.63, 3.8) is 0 Å². The molecule has 0 spiro atoms. The summed E-state index contributed by atoms with van der Waals surface area (Å²) in [5.41, 5.74) is 3.68. The lowest BCUT2D eigenvalue weighted by atomic mass is 9.86. The summed E-state index contributed by atoms with van der Waals surface area (Å²) in [6.45, 7) is 12.1. The monoisotopic (exact) mass is 460 g/mol. The first-order chi connectivity index (χ1) is 16.1. The molecule has 7 nitrogen and oxygen atoms in total. The van der Waals surface area contributed by atoms with Crippen LogP contribution >= 0.6 is 0 Å². The van der Waals surface area contributed by atoms with E-state index in [1.807, 2.05) is 26.8 Å². The first-order valence-electron chi connectivity index (χ1n) is 11.9. The number of carbonyl (C=O) groups excluding carboxylic acids is 2. The highest BCUT2D eigenvalue weighted by Gasteiger charge is 2.36. The van der Waals surface area contributed by atoms with Crippen LogP contribution in [0, 0.1) is 11.3 Å². The molecule has 34 heavy (non-hydrogen) atoms. The Morgan fingerprint density at radius 2 is 1.88 bits per heavy atom. The third kappa shape index (κ3) is 4.43. The van der Waals surface area contributed by atoms with Gasteiger partial charge in [0.15, 0.2) is 0 Å². The lowest BCUT2D eigenvalue weighted by Gasteiger charge is -2.41. The fourth-order valence-electron chi connectivity index (χ4n) is 4.90. The van der Waals surface area contributed by atoms with Crippen LogP contribution in [0.15, 0.2) is 30.3 Å². The minimum Gasteiger partial charge on any atom is -0.370 e. The van der Waals surface area contributed by atoms with Crippen molar-refractivity contribution in [2.75, 3.05) is 24.5 Å². The van der Waals surface area contributed by atoms with E-state index in [1.165, 1.54) is 0 Å². The van der Waals surface area contributed by atoms with Crippen molar-refractivity contribution >= 4 is 17.5 Å². The SMILES string of the molecule is CC(C)c1nc(N2CCN(C(=O)C(=O)c3ccccc3)[C@H](C)C2)c(C#N)c2c1COC(C)(C)C2. The number of Topliss-reactive ketones (excluding diaryl/α,β-unsaturated/α-hetero) is 1. The van der Waals surface area contributed by atoms with Gasteiger partial charge in [-0.05, 0) is 32.3 Å². The van der Waals surface area contributed by atoms with Gasteiger partial charge in [-0.1, -0.05) is 44.2 Å². The Morgan fingerprint density at radius 3 is 2.50 bits per heavy atom. The van der Waals surface area contributed by atoms with Gasteiger partial charge in [-0.15, -0.1) is 0 Å². The van der Waals surface area contributed by atoms with E-state index in [2.05, 4.69) is 24.8 Å². The van der Waals surface area contributed by atoms with E-state index in [9.17, 15) is 14.9 Å². The van der Waals surface area contributed by atoms with Crippen LogP contribution in [0.1, 0.15) is 73.3 Å². The van der Waals surface area contributed by atoms with Crippen LogP contribution in [0.3, 0.4) is 0 Å². The van der Waals surface area contributed by atoms with Crippen molar-refractivity contribution < 1.29 is 14.3 Å². The predicted octanol–water partition coefficient (Wildman–Crippen LogP) is 3.85. The number of ketones is 1. The Morgan fingerprint density at radius 1 is 1.18 bits per heavy atom. The number of rotatable bonds is 4. The zero-order chi connectivity index (χ0) is 24.6. The molecule has 1 atom stereocenters. The second-order valence-corrected chi connectivity index (χ2v) is 10.1. The summed E-state index contributed by atoms with van der Waals surface area (Å²) in [5, 5.41) is 10.1. The molecule has 1 aromatic heterocycles. The van der Waals surface area contributed by atoms with Gasteiger partial charge in [-0.3, -0.25) is 9.59 Å². The second-order valence-electron chi connectivity index (χ2n) is 10.1. The van der Waals surface area contributed by atoms with Crippen LogP contribution in [0.4, 0.5) is 5.82 Å². The molecule has 2 aliphatic rings. The smallest absolute Gasteiger partial charge is 0.295 e. The molecule has 0 saturated carbocycles. The third-order valence-electron chi connectivity index (χ3n) is 6.71. The maximum absolute atomic E-state index is 13.0. The number of fused-ring (bicyclic) bond motifs is 1. The summed E-state index contributed by atoms with van der Waals surface area (Å²) >= 11 is 0. The standard InChI is InChI=1S/C27H32N4O3/c1-17(2)23-22-16-34-27(4,5)13-20(22)21(14-28)25(29-23)30-11-12-31(18(3)15-30)26(33)24(32)19-9-7-6-8-10-19/h6-10,17-18H,11-13,15-16H2,1-5H3/t18-/m1/s1. The highest BCUT2D eigenvalue weighted by molar-refractivity contribution is 6.42. The summed E-state index contributed by atoms with van der Waals surface area (Å²) in [4.78, 5) is 34.4. The Kier molecular flexibility index (Phi) is 6.46. The molecular formula is C27H32N4O3.